The first-order valence-corrected chi connectivity index (χ1v) is 6.31. The summed E-state index contributed by atoms with van der Waals surface area (Å²) in [5, 5.41) is 0. The van der Waals surface area contributed by atoms with Crippen LogP contribution in [-0.4, -0.2) is 19.6 Å². The van der Waals surface area contributed by atoms with E-state index in [1.165, 1.54) is 0 Å². The molecule has 68 valence electrons. The standard InChI is InChI=1S/2C3H7O.2H2O.Ti/c2*1-3(2)4;;;/h2*3H,1-2H3;2*1H2;/q2*-1;;;+4/p-2. The van der Waals surface area contributed by atoms with Gasteiger partial charge >= 0.3 is 72.1 Å². The second-order valence-corrected chi connectivity index (χ2v) is 5.33. The van der Waals surface area contributed by atoms with E-state index in [-0.39, 0.29) is 12.2 Å². The average molecular weight is 200 g/mol. The molecule has 0 aromatic rings. The van der Waals surface area contributed by atoms with E-state index in [0.717, 1.165) is 0 Å². The van der Waals surface area contributed by atoms with Gasteiger partial charge in [-0.2, -0.15) is 0 Å². The molecule has 0 saturated heterocycles. The minimum atomic E-state index is -4.31. The van der Waals surface area contributed by atoms with Crippen LogP contribution in [0.3, 0.4) is 0 Å². The van der Waals surface area contributed by atoms with Gasteiger partial charge in [-0.1, -0.05) is 0 Å². The molecule has 0 bridgehead atoms. The topological polar surface area (TPSA) is 58.9 Å². The third-order valence-electron chi connectivity index (χ3n) is 0.778. The monoisotopic (exact) mass is 200 g/mol. The molecule has 0 radical (unpaired) electrons. The average Bonchev–Trinajstić information content (AvgIpc) is 1.53. The molecule has 0 aromatic heterocycles. The quantitative estimate of drug-likeness (QED) is 0.653. The van der Waals surface area contributed by atoms with Gasteiger partial charge in [-0.3, -0.25) is 0 Å². The normalized spacial score (nSPS) is 13.1. The van der Waals surface area contributed by atoms with Crippen LogP contribution in [0.25, 0.3) is 0 Å². The summed E-state index contributed by atoms with van der Waals surface area (Å²) in [5.41, 5.74) is 0. The van der Waals surface area contributed by atoms with E-state index >= 15 is 0 Å². The van der Waals surface area contributed by atoms with E-state index in [9.17, 15) is 0 Å². The number of rotatable bonds is 4. The van der Waals surface area contributed by atoms with Crippen LogP contribution in [0.2, 0.25) is 0 Å². The number of hydrogen-bond acceptors (Lipinski definition) is 4. The third-order valence-corrected chi connectivity index (χ3v) is 3.21. The van der Waals surface area contributed by atoms with E-state index in [4.69, 9.17) is 14.0 Å². The fourth-order valence-corrected chi connectivity index (χ4v) is 2.65. The maximum atomic E-state index is 9.15. The molecule has 0 spiro atoms. The molecule has 0 atom stereocenters. The van der Waals surface area contributed by atoms with Crippen LogP contribution in [-0.2, 0) is 24.8 Å². The molecule has 2 N–H and O–H groups in total. The molecule has 0 unspecified atom stereocenters. The molecule has 0 aliphatic carbocycles. The molecule has 0 rings (SSSR count). The predicted molar refractivity (Wildman–Crippen MR) is 36.9 cm³/mol. The van der Waals surface area contributed by atoms with E-state index in [1.54, 1.807) is 27.7 Å². The summed E-state index contributed by atoms with van der Waals surface area (Å²) in [5.74, 6) is 0. The Balaban J connectivity index is 3.79. The van der Waals surface area contributed by atoms with Gasteiger partial charge in [-0.15, -0.1) is 0 Å². The molecule has 11 heavy (non-hydrogen) atoms. The molecule has 5 heteroatoms. The van der Waals surface area contributed by atoms with E-state index in [2.05, 4.69) is 0 Å². The summed E-state index contributed by atoms with van der Waals surface area (Å²) in [7, 11) is 0. The predicted octanol–water partition coefficient (Wildman–Crippen LogP) is 0.635. The van der Waals surface area contributed by atoms with Crippen LogP contribution < -0.4 is 0 Å². The first kappa shape index (κ1) is 11.6. The molecule has 0 amide bonds. The van der Waals surface area contributed by atoms with Gasteiger partial charge < -0.3 is 0 Å². The maximum absolute atomic E-state index is 9.15. The first-order valence-electron chi connectivity index (χ1n) is 3.64. The van der Waals surface area contributed by atoms with Crippen LogP contribution in [0.5, 0.6) is 0 Å². The molecule has 4 nitrogen and oxygen atoms in total. The van der Waals surface area contributed by atoms with Gasteiger partial charge in [0.1, 0.15) is 0 Å². The van der Waals surface area contributed by atoms with Gasteiger partial charge in [0, 0.05) is 0 Å². The van der Waals surface area contributed by atoms with Crippen molar-refractivity contribution in [3.63, 3.8) is 0 Å². The summed E-state index contributed by atoms with van der Waals surface area (Å²) >= 11 is -4.31. The van der Waals surface area contributed by atoms with Crippen LogP contribution in [0.15, 0.2) is 0 Å². The van der Waals surface area contributed by atoms with Gasteiger partial charge in [0.2, 0.25) is 0 Å². The van der Waals surface area contributed by atoms with Crippen molar-refractivity contribution in [2.75, 3.05) is 0 Å². The van der Waals surface area contributed by atoms with Crippen molar-refractivity contribution in [1.29, 1.82) is 0 Å². The summed E-state index contributed by atoms with van der Waals surface area (Å²) in [6.45, 7) is 6.93. The number of hydrogen-bond donors (Lipinski definition) is 2. The van der Waals surface area contributed by atoms with E-state index in [0.29, 0.717) is 0 Å². The van der Waals surface area contributed by atoms with Crippen LogP contribution >= 0.6 is 0 Å². The molecule has 0 saturated carbocycles. The minimum absolute atomic E-state index is 0.205. The van der Waals surface area contributed by atoms with Crippen LogP contribution in [0.1, 0.15) is 27.7 Å². The van der Waals surface area contributed by atoms with Crippen LogP contribution in [0, 0.1) is 0 Å². The van der Waals surface area contributed by atoms with Gasteiger partial charge in [-0.25, -0.2) is 0 Å². The summed E-state index contributed by atoms with van der Waals surface area (Å²) < 4.78 is 28.0. The van der Waals surface area contributed by atoms with Gasteiger partial charge in [0.05, 0.1) is 0 Å². The van der Waals surface area contributed by atoms with Crippen molar-refractivity contribution in [3.8, 4) is 0 Å². The zero-order valence-corrected chi connectivity index (χ0v) is 8.93. The van der Waals surface area contributed by atoms with Crippen molar-refractivity contribution < 1.29 is 32.2 Å². The van der Waals surface area contributed by atoms with Crippen molar-refractivity contribution in [2.45, 2.75) is 39.9 Å². The third kappa shape index (κ3) is 6.93. The van der Waals surface area contributed by atoms with Crippen molar-refractivity contribution >= 4 is 0 Å². The zero-order valence-electron chi connectivity index (χ0n) is 7.37. The SMILES string of the molecule is CC(C)[O][Ti]([OH])([OH])[O]C(C)C. The Hall–Kier alpha value is 0.554. The summed E-state index contributed by atoms with van der Waals surface area (Å²) in [4.78, 5) is 0. The first-order chi connectivity index (χ1) is 4.83. The van der Waals surface area contributed by atoms with E-state index in [1.807, 2.05) is 0 Å². The Morgan fingerprint density at radius 3 is 1.36 bits per heavy atom. The Morgan fingerprint density at radius 1 is 0.909 bits per heavy atom. The molecule has 0 aromatic carbocycles. The van der Waals surface area contributed by atoms with Crippen molar-refractivity contribution in [1.82, 2.24) is 0 Å². The molecule has 0 aliphatic rings. The molecule has 0 fully saturated rings. The zero-order chi connectivity index (χ0) is 9.07. The summed E-state index contributed by atoms with van der Waals surface area (Å²) in [6.07, 6.45) is -0.410. The Labute approximate surface area is 72.4 Å². The van der Waals surface area contributed by atoms with Crippen molar-refractivity contribution in [2.24, 2.45) is 0 Å². The fourth-order valence-electron chi connectivity index (χ4n) is 0.642. The second-order valence-electron chi connectivity index (χ2n) is 2.88. The Kier molecular flexibility index (Phi) is 4.78. The van der Waals surface area contributed by atoms with Crippen molar-refractivity contribution in [3.05, 3.63) is 0 Å². The van der Waals surface area contributed by atoms with Gasteiger partial charge in [0.15, 0.2) is 0 Å². The second kappa shape index (κ2) is 4.55. The van der Waals surface area contributed by atoms with E-state index < -0.39 is 18.1 Å². The molecule has 0 aliphatic heterocycles. The summed E-state index contributed by atoms with van der Waals surface area (Å²) in [6, 6.07) is 0. The molecular weight excluding hydrogens is 184 g/mol. The van der Waals surface area contributed by atoms with Crippen LogP contribution in [0.4, 0.5) is 0 Å². The molecular formula is C6H16O4Ti. The Morgan fingerprint density at radius 2 is 1.18 bits per heavy atom. The van der Waals surface area contributed by atoms with Gasteiger partial charge in [-0.05, 0) is 0 Å². The molecule has 0 heterocycles. The Bertz CT molecular complexity index is 101. The fraction of sp³-hybridized carbons (Fsp3) is 1.00. The van der Waals surface area contributed by atoms with Gasteiger partial charge in [0.25, 0.3) is 0 Å².